The largest absolute Gasteiger partial charge is 0.348 e. The highest BCUT2D eigenvalue weighted by Crippen LogP contribution is 2.15. The smallest absolute Gasteiger partial charge is 0.257 e. The van der Waals surface area contributed by atoms with Gasteiger partial charge in [0.2, 0.25) is 0 Å². The summed E-state index contributed by atoms with van der Waals surface area (Å²) in [6.45, 7) is 4.18. The van der Waals surface area contributed by atoms with Gasteiger partial charge in [-0.25, -0.2) is 9.97 Å². The molecular weight excluding hydrogens is 390 g/mol. The van der Waals surface area contributed by atoms with Crippen molar-refractivity contribution in [2.75, 3.05) is 5.32 Å². The van der Waals surface area contributed by atoms with E-state index in [1.165, 1.54) is 6.20 Å². The third-order valence-corrected chi connectivity index (χ3v) is 4.93. The second-order valence-electron chi connectivity index (χ2n) is 7.17. The highest BCUT2D eigenvalue weighted by molar-refractivity contribution is 6.04. The molecule has 7 nitrogen and oxygen atoms in total. The van der Waals surface area contributed by atoms with Gasteiger partial charge in [-0.05, 0) is 61.9 Å². The topological polar surface area (TPSA) is 96.9 Å². The first-order chi connectivity index (χ1) is 15.0. The number of pyridine rings is 1. The van der Waals surface area contributed by atoms with Gasteiger partial charge in [0.05, 0.1) is 28.0 Å². The van der Waals surface area contributed by atoms with E-state index in [1.807, 2.05) is 32.0 Å². The Balaban J connectivity index is 1.38. The van der Waals surface area contributed by atoms with Gasteiger partial charge in [0, 0.05) is 30.2 Å². The Morgan fingerprint density at radius 3 is 2.29 bits per heavy atom. The minimum Gasteiger partial charge on any atom is -0.348 e. The van der Waals surface area contributed by atoms with Crippen molar-refractivity contribution in [1.29, 1.82) is 0 Å². The number of aryl methyl sites for hydroxylation is 2. The zero-order valence-corrected chi connectivity index (χ0v) is 17.2. The van der Waals surface area contributed by atoms with Gasteiger partial charge in [0.1, 0.15) is 0 Å². The number of aromatic nitrogens is 3. The van der Waals surface area contributed by atoms with Gasteiger partial charge in [0.25, 0.3) is 11.8 Å². The Morgan fingerprint density at radius 2 is 1.58 bits per heavy atom. The van der Waals surface area contributed by atoms with Gasteiger partial charge in [-0.3, -0.25) is 14.6 Å². The summed E-state index contributed by atoms with van der Waals surface area (Å²) in [5.74, 6) is -0.408. The molecule has 2 aromatic heterocycles. The lowest BCUT2D eigenvalue weighted by atomic mass is 10.1. The van der Waals surface area contributed by atoms with Crippen LogP contribution in [0.4, 0.5) is 5.69 Å². The summed E-state index contributed by atoms with van der Waals surface area (Å²) in [5, 5.41) is 5.73. The van der Waals surface area contributed by atoms with Gasteiger partial charge in [-0.2, -0.15) is 0 Å². The maximum Gasteiger partial charge on any atom is 0.257 e. The fourth-order valence-electron chi connectivity index (χ4n) is 3.06. The number of fused-ring (bicyclic) bond motifs is 1. The molecule has 0 spiro atoms. The molecule has 31 heavy (non-hydrogen) atoms. The Morgan fingerprint density at radius 1 is 0.839 bits per heavy atom. The van der Waals surface area contributed by atoms with Crippen molar-refractivity contribution in [3.63, 3.8) is 0 Å². The molecule has 4 aromatic rings. The van der Waals surface area contributed by atoms with Crippen LogP contribution in [-0.2, 0) is 6.54 Å². The Hall–Kier alpha value is -4.13. The van der Waals surface area contributed by atoms with E-state index in [1.54, 1.807) is 42.6 Å². The molecule has 0 fully saturated rings. The summed E-state index contributed by atoms with van der Waals surface area (Å²) in [6, 6.07) is 16.0. The molecular formula is C24H21N5O2. The number of hydrogen-bond acceptors (Lipinski definition) is 5. The van der Waals surface area contributed by atoms with Crippen LogP contribution in [0.3, 0.4) is 0 Å². The van der Waals surface area contributed by atoms with E-state index in [2.05, 4.69) is 25.6 Å². The van der Waals surface area contributed by atoms with Crippen LogP contribution < -0.4 is 10.6 Å². The molecule has 2 N–H and O–H groups in total. The first-order valence-corrected chi connectivity index (χ1v) is 9.83. The fourth-order valence-corrected chi connectivity index (χ4v) is 3.06. The number of hydrogen-bond donors (Lipinski definition) is 2. The second kappa shape index (κ2) is 8.71. The molecule has 154 valence electrons. The molecule has 2 aromatic carbocycles. The van der Waals surface area contributed by atoms with Crippen molar-refractivity contribution in [3.05, 3.63) is 95.1 Å². The van der Waals surface area contributed by atoms with Crippen LogP contribution in [0, 0.1) is 13.8 Å². The normalized spacial score (nSPS) is 10.6. The molecule has 7 heteroatoms. The van der Waals surface area contributed by atoms with Gasteiger partial charge in [0.15, 0.2) is 0 Å². The number of benzene rings is 2. The summed E-state index contributed by atoms with van der Waals surface area (Å²) >= 11 is 0. The van der Waals surface area contributed by atoms with Crippen molar-refractivity contribution in [3.8, 4) is 0 Å². The minimum atomic E-state index is -0.223. The molecule has 4 rings (SSSR count). The standard InChI is InChI=1S/C24H21N5O2/c1-15-16(2)28-22-12-18(7-10-21(22)27-15)23(30)26-13-17-5-8-20(9-6-17)29-24(31)19-4-3-11-25-14-19/h3-12,14H,13H2,1-2H3,(H,26,30)(H,29,31). The lowest BCUT2D eigenvalue weighted by Gasteiger charge is -2.09. The molecule has 2 heterocycles. The molecule has 0 saturated carbocycles. The zero-order valence-electron chi connectivity index (χ0n) is 17.2. The summed E-state index contributed by atoms with van der Waals surface area (Å²) in [4.78, 5) is 37.7. The zero-order chi connectivity index (χ0) is 21.8. The Kier molecular flexibility index (Phi) is 5.66. The number of nitrogens with zero attached hydrogens (tertiary/aromatic N) is 3. The van der Waals surface area contributed by atoms with Crippen molar-refractivity contribution in [2.24, 2.45) is 0 Å². The number of carbonyl (C=O) groups excluding carboxylic acids is 2. The van der Waals surface area contributed by atoms with Crippen molar-refractivity contribution < 1.29 is 9.59 Å². The minimum absolute atomic E-state index is 0.184. The Labute approximate surface area is 179 Å². The van der Waals surface area contributed by atoms with Crippen LogP contribution in [0.25, 0.3) is 11.0 Å². The number of nitrogens with one attached hydrogen (secondary N) is 2. The summed E-state index contributed by atoms with van der Waals surface area (Å²) < 4.78 is 0. The average molecular weight is 411 g/mol. The van der Waals surface area contributed by atoms with Gasteiger partial charge in [-0.1, -0.05) is 12.1 Å². The summed E-state index contributed by atoms with van der Waals surface area (Å²) in [7, 11) is 0. The van der Waals surface area contributed by atoms with Crippen LogP contribution in [0.15, 0.2) is 67.0 Å². The highest BCUT2D eigenvalue weighted by Gasteiger charge is 2.09. The van der Waals surface area contributed by atoms with E-state index < -0.39 is 0 Å². The van der Waals surface area contributed by atoms with Gasteiger partial charge < -0.3 is 10.6 Å². The average Bonchev–Trinajstić information content (AvgIpc) is 2.79. The van der Waals surface area contributed by atoms with E-state index in [0.717, 1.165) is 22.5 Å². The highest BCUT2D eigenvalue weighted by atomic mass is 16.2. The number of anilines is 1. The van der Waals surface area contributed by atoms with Gasteiger partial charge in [-0.15, -0.1) is 0 Å². The van der Waals surface area contributed by atoms with Crippen molar-refractivity contribution in [1.82, 2.24) is 20.3 Å². The first-order valence-electron chi connectivity index (χ1n) is 9.83. The molecule has 0 aliphatic carbocycles. The maximum atomic E-state index is 12.6. The van der Waals surface area contributed by atoms with Crippen LogP contribution in [0.1, 0.15) is 37.7 Å². The number of carbonyl (C=O) groups is 2. The third-order valence-electron chi connectivity index (χ3n) is 4.93. The second-order valence-corrected chi connectivity index (χ2v) is 7.17. The van der Waals surface area contributed by atoms with Crippen LogP contribution in [-0.4, -0.2) is 26.8 Å². The molecule has 0 unspecified atom stereocenters. The van der Waals surface area contributed by atoms with Crippen molar-refractivity contribution >= 4 is 28.5 Å². The molecule has 0 radical (unpaired) electrons. The fraction of sp³-hybridized carbons (Fsp3) is 0.125. The van der Waals surface area contributed by atoms with E-state index in [4.69, 9.17) is 0 Å². The number of amides is 2. The molecule has 0 aliphatic heterocycles. The molecule has 0 bridgehead atoms. The molecule has 2 amide bonds. The quantitative estimate of drug-likeness (QED) is 0.520. The van der Waals surface area contributed by atoms with Crippen LogP contribution >= 0.6 is 0 Å². The lowest BCUT2D eigenvalue weighted by molar-refractivity contribution is 0.0950. The molecule has 0 atom stereocenters. The number of rotatable bonds is 5. The monoisotopic (exact) mass is 411 g/mol. The van der Waals surface area contributed by atoms with E-state index in [0.29, 0.717) is 28.9 Å². The molecule has 0 saturated heterocycles. The van der Waals surface area contributed by atoms with Crippen LogP contribution in [0.5, 0.6) is 0 Å². The first kappa shape index (κ1) is 20.2. The van der Waals surface area contributed by atoms with E-state index in [9.17, 15) is 9.59 Å². The third kappa shape index (κ3) is 4.72. The SMILES string of the molecule is Cc1nc2ccc(C(=O)NCc3ccc(NC(=O)c4cccnc4)cc3)cc2nc1C. The lowest BCUT2D eigenvalue weighted by Crippen LogP contribution is -2.22. The van der Waals surface area contributed by atoms with E-state index in [-0.39, 0.29) is 11.8 Å². The summed E-state index contributed by atoms with van der Waals surface area (Å²) in [6.07, 6.45) is 3.13. The maximum absolute atomic E-state index is 12.6. The van der Waals surface area contributed by atoms with E-state index >= 15 is 0 Å². The van der Waals surface area contributed by atoms with Crippen molar-refractivity contribution in [2.45, 2.75) is 20.4 Å². The molecule has 0 aliphatic rings. The predicted molar refractivity (Wildman–Crippen MR) is 119 cm³/mol. The van der Waals surface area contributed by atoms with Gasteiger partial charge >= 0.3 is 0 Å². The predicted octanol–water partition coefficient (Wildman–Crippen LogP) is 3.82. The summed E-state index contributed by atoms with van der Waals surface area (Å²) in [5.41, 5.74) is 5.80. The van der Waals surface area contributed by atoms with Crippen LogP contribution in [0.2, 0.25) is 0 Å². The Bertz CT molecular complexity index is 1250.